The number of rotatable bonds is 3. The van der Waals surface area contributed by atoms with Gasteiger partial charge in [0.15, 0.2) is 0 Å². The van der Waals surface area contributed by atoms with Crippen molar-refractivity contribution < 1.29 is 4.74 Å². The highest BCUT2D eigenvalue weighted by Crippen LogP contribution is 2.35. The third-order valence-electron chi connectivity index (χ3n) is 3.53. The van der Waals surface area contributed by atoms with Crippen LogP contribution in [0.4, 0.5) is 0 Å². The summed E-state index contributed by atoms with van der Waals surface area (Å²) < 4.78 is 5.84. The maximum Gasteiger partial charge on any atom is 0.129 e. The molecule has 1 aliphatic rings. The molecule has 5 heteroatoms. The van der Waals surface area contributed by atoms with Gasteiger partial charge in [0.25, 0.3) is 0 Å². The number of benzene rings is 1. The molecule has 0 amide bonds. The van der Waals surface area contributed by atoms with E-state index in [-0.39, 0.29) is 6.04 Å². The Hall–Kier alpha value is -1.62. The van der Waals surface area contributed by atoms with Crippen molar-refractivity contribution in [3.63, 3.8) is 0 Å². The van der Waals surface area contributed by atoms with Gasteiger partial charge in [0.2, 0.25) is 0 Å². The lowest BCUT2D eigenvalue weighted by Gasteiger charge is -2.25. The molecular weight excluding hydrogens is 274 g/mol. The molecule has 2 heterocycles. The van der Waals surface area contributed by atoms with Gasteiger partial charge in [-0.3, -0.25) is 5.84 Å². The Morgan fingerprint density at radius 3 is 3.05 bits per heavy atom. The highest BCUT2D eigenvalue weighted by atomic mass is 35.5. The predicted molar refractivity (Wildman–Crippen MR) is 78.7 cm³/mol. The third-order valence-corrected chi connectivity index (χ3v) is 3.73. The first kappa shape index (κ1) is 13.4. The lowest BCUT2D eigenvalue weighted by atomic mass is 9.94. The fraction of sp³-hybridized carbons (Fsp3) is 0.267. The van der Waals surface area contributed by atoms with Gasteiger partial charge in [0, 0.05) is 11.8 Å². The Kier molecular flexibility index (Phi) is 3.87. The Balaban J connectivity index is 2.06. The standard InChI is InChI=1S/C15H16ClN3O/c16-13-9-11(6-7-18-13)14(19-17)12-5-1-3-10-4-2-8-20-15(10)12/h1,3,5-7,9,14,19H,2,4,8,17H2. The van der Waals surface area contributed by atoms with Crippen LogP contribution in [0.1, 0.15) is 29.2 Å². The highest BCUT2D eigenvalue weighted by molar-refractivity contribution is 6.29. The molecule has 0 saturated carbocycles. The minimum Gasteiger partial charge on any atom is -0.493 e. The molecule has 1 aromatic carbocycles. The maximum absolute atomic E-state index is 5.97. The topological polar surface area (TPSA) is 60.2 Å². The number of nitrogens with two attached hydrogens (primary N) is 1. The number of ether oxygens (including phenoxy) is 1. The van der Waals surface area contributed by atoms with Crippen molar-refractivity contribution in [1.82, 2.24) is 10.4 Å². The second-order valence-corrected chi connectivity index (χ2v) is 5.19. The molecule has 2 aromatic rings. The normalized spacial score (nSPS) is 15.3. The van der Waals surface area contributed by atoms with Gasteiger partial charge in [-0.15, -0.1) is 0 Å². The van der Waals surface area contributed by atoms with Crippen LogP contribution < -0.4 is 16.0 Å². The van der Waals surface area contributed by atoms with E-state index in [1.54, 1.807) is 6.20 Å². The Morgan fingerprint density at radius 1 is 1.35 bits per heavy atom. The summed E-state index contributed by atoms with van der Waals surface area (Å²) in [4.78, 5) is 4.00. The van der Waals surface area contributed by atoms with E-state index in [1.807, 2.05) is 24.3 Å². The van der Waals surface area contributed by atoms with E-state index in [0.29, 0.717) is 5.15 Å². The number of fused-ring (bicyclic) bond motifs is 1. The molecule has 0 radical (unpaired) electrons. The van der Waals surface area contributed by atoms with Crippen molar-refractivity contribution in [1.29, 1.82) is 0 Å². The SMILES string of the molecule is NNC(c1ccnc(Cl)c1)c1cccc2c1OCCC2. The number of para-hydroxylation sites is 1. The van der Waals surface area contributed by atoms with Crippen molar-refractivity contribution in [2.75, 3.05) is 6.61 Å². The fourth-order valence-corrected chi connectivity index (χ4v) is 2.79. The van der Waals surface area contributed by atoms with Crippen molar-refractivity contribution in [3.8, 4) is 5.75 Å². The first-order chi connectivity index (χ1) is 9.79. The molecule has 1 aliphatic heterocycles. The number of aryl methyl sites for hydroxylation is 1. The molecule has 3 N–H and O–H groups in total. The van der Waals surface area contributed by atoms with Crippen LogP contribution in [0.25, 0.3) is 0 Å². The number of aromatic nitrogens is 1. The molecule has 0 bridgehead atoms. The van der Waals surface area contributed by atoms with Crippen LogP contribution in [0.3, 0.4) is 0 Å². The van der Waals surface area contributed by atoms with Gasteiger partial charge in [0.1, 0.15) is 10.9 Å². The Labute approximate surface area is 122 Å². The van der Waals surface area contributed by atoms with Gasteiger partial charge in [-0.2, -0.15) is 0 Å². The molecule has 3 rings (SSSR count). The summed E-state index contributed by atoms with van der Waals surface area (Å²) in [5, 5.41) is 0.452. The quantitative estimate of drug-likeness (QED) is 0.518. The van der Waals surface area contributed by atoms with Gasteiger partial charge < -0.3 is 4.74 Å². The lowest BCUT2D eigenvalue weighted by Crippen LogP contribution is -2.29. The van der Waals surface area contributed by atoms with Crippen molar-refractivity contribution in [2.45, 2.75) is 18.9 Å². The predicted octanol–water partition coefficient (Wildman–Crippen LogP) is 2.61. The molecule has 0 fully saturated rings. The molecule has 1 atom stereocenters. The smallest absolute Gasteiger partial charge is 0.129 e. The first-order valence-corrected chi connectivity index (χ1v) is 6.99. The number of nitrogens with zero attached hydrogens (tertiary/aromatic N) is 1. The van der Waals surface area contributed by atoms with Crippen molar-refractivity contribution in [2.24, 2.45) is 5.84 Å². The van der Waals surface area contributed by atoms with Crippen LogP contribution in [0.15, 0.2) is 36.5 Å². The van der Waals surface area contributed by atoms with E-state index in [9.17, 15) is 0 Å². The van der Waals surface area contributed by atoms with Crippen molar-refractivity contribution in [3.05, 3.63) is 58.4 Å². The van der Waals surface area contributed by atoms with Crippen LogP contribution in [-0.4, -0.2) is 11.6 Å². The number of hydrogen-bond donors (Lipinski definition) is 2. The van der Waals surface area contributed by atoms with Gasteiger partial charge in [-0.1, -0.05) is 29.8 Å². The zero-order valence-electron chi connectivity index (χ0n) is 11.0. The van der Waals surface area contributed by atoms with E-state index < -0.39 is 0 Å². The van der Waals surface area contributed by atoms with Gasteiger partial charge >= 0.3 is 0 Å². The summed E-state index contributed by atoms with van der Waals surface area (Å²) in [5.41, 5.74) is 6.08. The van der Waals surface area contributed by atoms with Crippen LogP contribution in [0, 0.1) is 0 Å². The van der Waals surface area contributed by atoms with Crippen LogP contribution in [-0.2, 0) is 6.42 Å². The summed E-state index contributed by atoms with van der Waals surface area (Å²) in [7, 11) is 0. The summed E-state index contributed by atoms with van der Waals surface area (Å²) in [5.74, 6) is 6.69. The summed E-state index contributed by atoms with van der Waals surface area (Å²) in [6, 6.07) is 9.72. The van der Waals surface area contributed by atoms with E-state index in [2.05, 4.69) is 16.5 Å². The maximum atomic E-state index is 5.97. The highest BCUT2D eigenvalue weighted by Gasteiger charge is 2.21. The average molecular weight is 290 g/mol. The molecule has 0 spiro atoms. The zero-order chi connectivity index (χ0) is 13.9. The largest absolute Gasteiger partial charge is 0.493 e. The van der Waals surface area contributed by atoms with Gasteiger partial charge in [0.05, 0.1) is 12.6 Å². The lowest BCUT2D eigenvalue weighted by molar-refractivity contribution is 0.283. The molecule has 1 unspecified atom stereocenters. The molecule has 0 saturated heterocycles. The molecule has 1 aromatic heterocycles. The summed E-state index contributed by atoms with van der Waals surface area (Å²) in [6.07, 6.45) is 3.77. The molecule has 4 nitrogen and oxygen atoms in total. The summed E-state index contributed by atoms with van der Waals surface area (Å²) >= 11 is 5.97. The number of nitrogens with one attached hydrogen (secondary N) is 1. The Bertz CT molecular complexity index is 618. The third kappa shape index (κ3) is 2.50. The van der Waals surface area contributed by atoms with E-state index in [1.165, 1.54) is 5.56 Å². The van der Waals surface area contributed by atoms with Crippen LogP contribution >= 0.6 is 11.6 Å². The zero-order valence-corrected chi connectivity index (χ0v) is 11.7. The minimum atomic E-state index is -0.163. The van der Waals surface area contributed by atoms with E-state index >= 15 is 0 Å². The number of halogens is 1. The van der Waals surface area contributed by atoms with Gasteiger partial charge in [-0.05, 0) is 36.1 Å². The molecule has 104 valence electrons. The molecule has 0 aliphatic carbocycles. The number of hydrogen-bond acceptors (Lipinski definition) is 4. The number of hydrazine groups is 1. The second kappa shape index (κ2) is 5.79. The van der Waals surface area contributed by atoms with Gasteiger partial charge in [-0.25, -0.2) is 10.4 Å². The molecular formula is C15H16ClN3O. The fourth-order valence-electron chi connectivity index (χ4n) is 2.60. The van der Waals surface area contributed by atoms with Crippen molar-refractivity contribution >= 4 is 11.6 Å². The second-order valence-electron chi connectivity index (χ2n) is 4.80. The Morgan fingerprint density at radius 2 is 2.25 bits per heavy atom. The number of pyridine rings is 1. The van der Waals surface area contributed by atoms with Crippen LogP contribution in [0.5, 0.6) is 5.75 Å². The van der Waals surface area contributed by atoms with E-state index in [0.717, 1.165) is 36.3 Å². The minimum absolute atomic E-state index is 0.163. The average Bonchev–Trinajstić information content (AvgIpc) is 2.48. The first-order valence-electron chi connectivity index (χ1n) is 6.62. The van der Waals surface area contributed by atoms with Crippen LogP contribution in [0.2, 0.25) is 5.15 Å². The monoisotopic (exact) mass is 289 g/mol. The molecule has 20 heavy (non-hydrogen) atoms. The summed E-state index contributed by atoms with van der Waals surface area (Å²) in [6.45, 7) is 0.748. The van der Waals surface area contributed by atoms with E-state index in [4.69, 9.17) is 22.2 Å².